The van der Waals surface area contributed by atoms with E-state index in [2.05, 4.69) is 0 Å². The lowest BCUT2D eigenvalue weighted by Gasteiger charge is -2.14. The predicted molar refractivity (Wildman–Crippen MR) is 115 cm³/mol. The van der Waals surface area contributed by atoms with Crippen molar-refractivity contribution in [3.63, 3.8) is 0 Å². The van der Waals surface area contributed by atoms with Crippen molar-refractivity contribution >= 4 is 16.9 Å². The number of esters is 1. The molecule has 1 aliphatic heterocycles. The van der Waals surface area contributed by atoms with Crippen LogP contribution in [0.15, 0.2) is 45.6 Å². The average Bonchev–Trinajstić information content (AvgIpc) is 2.98. The Morgan fingerprint density at radius 2 is 1.87 bits per heavy atom. The summed E-state index contributed by atoms with van der Waals surface area (Å²) in [5.41, 5.74) is 1.40. The quantitative estimate of drug-likeness (QED) is 0.566. The maximum absolute atomic E-state index is 13.3. The molecule has 1 aliphatic rings. The summed E-state index contributed by atoms with van der Waals surface area (Å²) in [5.74, 6) is 1.72. The topological polar surface area (TPSA) is 84.2 Å². The number of fused-ring (bicyclic) bond motifs is 2. The number of aryl methyl sites for hydroxylation is 1. The van der Waals surface area contributed by atoms with E-state index in [1.807, 2.05) is 18.2 Å². The Morgan fingerprint density at radius 3 is 2.65 bits per heavy atom. The highest BCUT2D eigenvalue weighted by Gasteiger charge is 2.19. The lowest BCUT2D eigenvalue weighted by molar-refractivity contribution is -0.150. The monoisotopic (exact) mass is 424 g/mol. The van der Waals surface area contributed by atoms with Gasteiger partial charge in [0.15, 0.2) is 17.6 Å². The summed E-state index contributed by atoms with van der Waals surface area (Å²) < 4.78 is 28.0. The number of carbonyl (C=O) groups excluding carboxylic acids is 1. The number of hydrogen-bond donors (Lipinski definition) is 0. The van der Waals surface area contributed by atoms with Crippen LogP contribution in [0, 0.1) is 6.92 Å². The minimum Gasteiger partial charge on any atom is -0.490 e. The van der Waals surface area contributed by atoms with Crippen LogP contribution in [0.4, 0.5) is 0 Å². The molecular weight excluding hydrogens is 400 g/mol. The Hall–Kier alpha value is -3.48. The normalized spacial score (nSPS) is 14.0. The molecule has 0 aliphatic carbocycles. The summed E-state index contributed by atoms with van der Waals surface area (Å²) in [6.45, 7) is 6.53. The van der Waals surface area contributed by atoms with Crippen LogP contribution in [0.25, 0.3) is 22.1 Å². The van der Waals surface area contributed by atoms with E-state index in [9.17, 15) is 9.59 Å². The smallest absolute Gasteiger partial charge is 0.347 e. The summed E-state index contributed by atoms with van der Waals surface area (Å²) in [6, 6.07) is 10.3. The number of hydrogen-bond acceptors (Lipinski definition) is 7. The Balaban J connectivity index is 1.70. The minimum absolute atomic E-state index is 0.154. The van der Waals surface area contributed by atoms with E-state index in [0.717, 1.165) is 6.42 Å². The standard InChI is InChI=1S/C24H24O7/c1-4-27-24(26)15(3)30-17-7-8-18-20(13-17)31-14(2)22(23(18)25)16-6-9-19-21(12-16)29-11-5-10-28-19/h6-9,12-13,15H,4-5,10-11H2,1-3H3. The highest BCUT2D eigenvalue weighted by atomic mass is 16.6. The SMILES string of the molecule is CCOC(=O)C(C)Oc1ccc2c(=O)c(-c3ccc4c(c3)OCCCO4)c(C)oc2c1. The predicted octanol–water partition coefficient (Wildman–Crippen LogP) is 4.26. The molecule has 0 saturated carbocycles. The third kappa shape index (κ3) is 4.21. The van der Waals surface area contributed by atoms with Crippen LogP contribution in [0.1, 0.15) is 26.0 Å². The minimum atomic E-state index is -0.772. The third-order valence-electron chi connectivity index (χ3n) is 5.01. The summed E-state index contributed by atoms with van der Waals surface area (Å²) in [7, 11) is 0. The van der Waals surface area contributed by atoms with E-state index in [-0.39, 0.29) is 12.0 Å². The van der Waals surface area contributed by atoms with E-state index >= 15 is 0 Å². The Labute approximate surface area is 179 Å². The van der Waals surface area contributed by atoms with Gasteiger partial charge in [0.2, 0.25) is 5.43 Å². The second kappa shape index (κ2) is 8.71. The second-order valence-electron chi connectivity index (χ2n) is 7.24. The molecule has 4 rings (SSSR count). The molecule has 162 valence electrons. The van der Waals surface area contributed by atoms with Crippen LogP contribution in [0.5, 0.6) is 17.2 Å². The Kier molecular flexibility index (Phi) is 5.84. The molecule has 0 radical (unpaired) electrons. The number of carbonyl (C=O) groups is 1. The zero-order chi connectivity index (χ0) is 22.0. The maximum Gasteiger partial charge on any atom is 0.347 e. The summed E-state index contributed by atoms with van der Waals surface area (Å²) in [4.78, 5) is 25.1. The molecule has 0 bridgehead atoms. The van der Waals surface area contributed by atoms with Gasteiger partial charge in [-0.05, 0) is 50.6 Å². The molecular formula is C24H24O7. The lowest BCUT2D eigenvalue weighted by Crippen LogP contribution is -2.26. The first-order valence-electron chi connectivity index (χ1n) is 10.3. The van der Waals surface area contributed by atoms with Gasteiger partial charge in [-0.2, -0.15) is 0 Å². The fraction of sp³-hybridized carbons (Fsp3) is 0.333. The molecule has 1 unspecified atom stereocenters. The third-order valence-corrected chi connectivity index (χ3v) is 5.01. The lowest BCUT2D eigenvalue weighted by atomic mass is 10.0. The fourth-order valence-corrected chi connectivity index (χ4v) is 3.52. The zero-order valence-electron chi connectivity index (χ0n) is 17.7. The molecule has 3 aromatic rings. The molecule has 1 atom stereocenters. The molecule has 2 heterocycles. The largest absolute Gasteiger partial charge is 0.490 e. The number of ether oxygens (including phenoxy) is 4. The van der Waals surface area contributed by atoms with E-state index in [1.165, 1.54) is 0 Å². The van der Waals surface area contributed by atoms with Crippen LogP contribution in [0.3, 0.4) is 0 Å². The zero-order valence-corrected chi connectivity index (χ0v) is 17.7. The van der Waals surface area contributed by atoms with Crippen LogP contribution >= 0.6 is 0 Å². The Morgan fingerprint density at radius 1 is 1.10 bits per heavy atom. The van der Waals surface area contributed by atoms with Gasteiger partial charge in [-0.3, -0.25) is 4.79 Å². The number of benzene rings is 2. The summed E-state index contributed by atoms with van der Waals surface area (Å²) >= 11 is 0. The Bertz CT molecular complexity index is 1180. The molecule has 0 spiro atoms. The first-order valence-corrected chi connectivity index (χ1v) is 10.3. The van der Waals surface area contributed by atoms with Gasteiger partial charge >= 0.3 is 5.97 Å². The highest BCUT2D eigenvalue weighted by Crippen LogP contribution is 2.35. The van der Waals surface area contributed by atoms with Crippen molar-refractivity contribution in [2.24, 2.45) is 0 Å². The van der Waals surface area contributed by atoms with Crippen molar-refractivity contribution in [1.82, 2.24) is 0 Å². The van der Waals surface area contributed by atoms with E-state index in [0.29, 0.717) is 58.3 Å². The molecule has 1 aromatic heterocycles. The van der Waals surface area contributed by atoms with Crippen molar-refractivity contribution in [3.8, 4) is 28.4 Å². The average molecular weight is 424 g/mol. The molecule has 7 nitrogen and oxygen atoms in total. The summed E-state index contributed by atoms with van der Waals surface area (Å²) in [5, 5.41) is 0.420. The molecule has 0 fully saturated rings. The van der Waals surface area contributed by atoms with Gasteiger partial charge in [0, 0.05) is 12.5 Å². The van der Waals surface area contributed by atoms with Crippen molar-refractivity contribution in [2.45, 2.75) is 33.3 Å². The van der Waals surface area contributed by atoms with Gasteiger partial charge < -0.3 is 23.4 Å². The van der Waals surface area contributed by atoms with Gasteiger partial charge in [0.1, 0.15) is 17.1 Å². The second-order valence-corrected chi connectivity index (χ2v) is 7.24. The van der Waals surface area contributed by atoms with Crippen LogP contribution in [-0.2, 0) is 9.53 Å². The highest BCUT2D eigenvalue weighted by molar-refractivity contribution is 5.84. The van der Waals surface area contributed by atoms with Crippen LogP contribution in [0.2, 0.25) is 0 Å². The fourth-order valence-electron chi connectivity index (χ4n) is 3.52. The summed E-state index contributed by atoms with van der Waals surface area (Å²) in [6.07, 6.45) is 0.0339. The van der Waals surface area contributed by atoms with Gasteiger partial charge in [-0.15, -0.1) is 0 Å². The number of rotatable bonds is 5. The van der Waals surface area contributed by atoms with Crippen molar-refractivity contribution < 1.29 is 28.2 Å². The molecule has 31 heavy (non-hydrogen) atoms. The van der Waals surface area contributed by atoms with Crippen molar-refractivity contribution in [3.05, 3.63) is 52.4 Å². The van der Waals surface area contributed by atoms with Gasteiger partial charge in [0.05, 0.1) is 30.8 Å². The maximum atomic E-state index is 13.3. The van der Waals surface area contributed by atoms with Crippen molar-refractivity contribution in [2.75, 3.05) is 19.8 Å². The van der Waals surface area contributed by atoms with Crippen LogP contribution in [-0.4, -0.2) is 31.9 Å². The van der Waals surface area contributed by atoms with E-state index in [4.69, 9.17) is 23.4 Å². The molecule has 7 heteroatoms. The van der Waals surface area contributed by atoms with Gasteiger partial charge in [-0.25, -0.2) is 4.79 Å². The molecule has 0 amide bonds. The van der Waals surface area contributed by atoms with Crippen LogP contribution < -0.4 is 19.6 Å². The molecule has 0 N–H and O–H groups in total. The van der Waals surface area contributed by atoms with Gasteiger partial charge in [-0.1, -0.05) is 6.07 Å². The van der Waals surface area contributed by atoms with Gasteiger partial charge in [0.25, 0.3) is 0 Å². The molecule has 2 aromatic carbocycles. The first-order chi connectivity index (χ1) is 15.0. The first kappa shape index (κ1) is 20.8. The van der Waals surface area contributed by atoms with Crippen molar-refractivity contribution in [1.29, 1.82) is 0 Å². The van der Waals surface area contributed by atoms with E-state index < -0.39 is 12.1 Å². The van der Waals surface area contributed by atoms with E-state index in [1.54, 1.807) is 39.0 Å². The molecule has 0 saturated heterocycles.